The predicted molar refractivity (Wildman–Crippen MR) is 57.0 cm³/mol. The molecule has 4 heteroatoms. The molecule has 0 aromatic carbocycles. The van der Waals surface area contributed by atoms with Gasteiger partial charge in [0, 0.05) is 32.4 Å². The van der Waals surface area contributed by atoms with E-state index in [1.54, 1.807) is 11.9 Å². The third-order valence-corrected chi connectivity index (χ3v) is 2.98. The highest BCUT2D eigenvalue weighted by Gasteiger charge is 2.15. The molecule has 0 atom stereocenters. The molecule has 2 heterocycles. The van der Waals surface area contributed by atoms with Crippen molar-refractivity contribution in [1.29, 1.82) is 0 Å². The smallest absolute Gasteiger partial charge is 0.0541 e. The largest absolute Gasteiger partial charge is 0.368 e. The summed E-state index contributed by atoms with van der Waals surface area (Å²) in [5.74, 6) is 0. The van der Waals surface area contributed by atoms with Gasteiger partial charge < -0.3 is 14.5 Å². The van der Waals surface area contributed by atoms with Crippen molar-refractivity contribution in [3.05, 3.63) is 23.4 Å². The first kappa shape index (κ1) is 8.97. The molecule has 13 heavy (non-hydrogen) atoms. The molecule has 2 aliphatic heterocycles. The standard InChI is InChI=1S/C9H15N3S/c1-11-3-5-12(6-4-11)9-2-7-13-10-8-9/h2,7-8,10H,3-6H2,1H3. The van der Waals surface area contributed by atoms with Gasteiger partial charge in [0.05, 0.1) is 5.70 Å². The summed E-state index contributed by atoms with van der Waals surface area (Å²) in [6, 6.07) is 0. The molecular formula is C9H15N3S. The second-order valence-corrected chi connectivity index (χ2v) is 4.14. The third-order valence-electron chi connectivity index (χ3n) is 2.45. The number of hydrogen-bond acceptors (Lipinski definition) is 4. The topological polar surface area (TPSA) is 18.5 Å². The van der Waals surface area contributed by atoms with Gasteiger partial charge in [0.15, 0.2) is 0 Å². The Balaban J connectivity index is 1.94. The predicted octanol–water partition coefficient (Wildman–Crippen LogP) is 0.840. The van der Waals surface area contributed by atoms with Crippen LogP contribution in [0.25, 0.3) is 0 Å². The maximum absolute atomic E-state index is 3.16. The van der Waals surface area contributed by atoms with E-state index in [2.05, 4.69) is 39.3 Å². The average Bonchev–Trinajstić information content (AvgIpc) is 2.20. The number of nitrogens with zero attached hydrogens (tertiary/aromatic N) is 2. The van der Waals surface area contributed by atoms with Gasteiger partial charge in [-0.15, -0.1) is 0 Å². The van der Waals surface area contributed by atoms with Crippen molar-refractivity contribution < 1.29 is 0 Å². The van der Waals surface area contributed by atoms with Crippen LogP contribution in [0.1, 0.15) is 0 Å². The van der Waals surface area contributed by atoms with Crippen molar-refractivity contribution in [3.63, 3.8) is 0 Å². The van der Waals surface area contributed by atoms with E-state index in [-0.39, 0.29) is 0 Å². The van der Waals surface area contributed by atoms with Gasteiger partial charge in [-0.3, -0.25) is 0 Å². The monoisotopic (exact) mass is 197 g/mol. The lowest BCUT2D eigenvalue weighted by molar-refractivity contribution is 0.190. The number of hydrogen-bond donors (Lipinski definition) is 1. The van der Waals surface area contributed by atoms with Gasteiger partial charge >= 0.3 is 0 Å². The van der Waals surface area contributed by atoms with E-state index in [0.29, 0.717) is 0 Å². The highest BCUT2D eigenvalue weighted by molar-refractivity contribution is 8.00. The molecular weight excluding hydrogens is 182 g/mol. The van der Waals surface area contributed by atoms with Crippen molar-refractivity contribution in [2.75, 3.05) is 33.2 Å². The number of rotatable bonds is 1. The number of piperazine rings is 1. The Morgan fingerprint density at radius 3 is 2.69 bits per heavy atom. The van der Waals surface area contributed by atoms with Crippen LogP contribution in [0.15, 0.2) is 23.4 Å². The zero-order valence-corrected chi connectivity index (χ0v) is 8.68. The maximum atomic E-state index is 3.16. The zero-order chi connectivity index (χ0) is 9.10. The summed E-state index contributed by atoms with van der Waals surface area (Å²) in [6.07, 6.45) is 4.25. The van der Waals surface area contributed by atoms with Gasteiger partial charge in [-0.05, 0) is 30.5 Å². The lowest BCUT2D eigenvalue weighted by Crippen LogP contribution is -2.43. The van der Waals surface area contributed by atoms with Crippen LogP contribution in [-0.4, -0.2) is 43.0 Å². The first-order valence-electron chi connectivity index (χ1n) is 4.57. The van der Waals surface area contributed by atoms with Crippen molar-refractivity contribution in [2.24, 2.45) is 0 Å². The SMILES string of the molecule is CN1CCN(C2=CNSC=C2)CC1. The normalized spacial score (nSPS) is 24.1. The summed E-state index contributed by atoms with van der Waals surface area (Å²) in [7, 11) is 2.18. The minimum atomic E-state index is 1.14. The highest BCUT2D eigenvalue weighted by Crippen LogP contribution is 2.14. The Morgan fingerprint density at radius 1 is 1.31 bits per heavy atom. The van der Waals surface area contributed by atoms with Gasteiger partial charge in [0.2, 0.25) is 0 Å². The third kappa shape index (κ3) is 2.19. The fraction of sp³-hybridized carbons (Fsp3) is 0.556. The molecule has 1 fully saturated rings. The molecule has 72 valence electrons. The van der Waals surface area contributed by atoms with Crippen LogP contribution in [0.5, 0.6) is 0 Å². The number of allylic oxidation sites excluding steroid dienone is 1. The van der Waals surface area contributed by atoms with E-state index < -0.39 is 0 Å². The minimum absolute atomic E-state index is 1.14. The molecule has 1 saturated heterocycles. The lowest BCUT2D eigenvalue weighted by atomic mass is 10.3. The van der Waals surface area contributed by atoms with Gasteiger partial charge in [0.25, 0.3) is 0 Å². The average molecular weight is 197 g/mol. The molecule has 2 rings (SSSR count). The summed E-state index contributed by atoms with van der Waals surface area (Å²) in [5.41, 5.74) is 1.31. The van der Waals surface area contributed by atoms with Crippen LogP contribution in [0.3, 0.4) is 0 Å². The van der Waals surface area contributed by atoms with E-state index in [9.17, 15) is 0 Å². The Morgan fingerprint density at radius 2 is 2.08 bits per heavy atom. The summed E-state index contributed by atoms with van der Waals surface area (Å²) >= 11 is 1.62. The quantitative estimate of drug-likeness (QED) is 0.628. The van der Waals surface area contributed by atoms with E-state index in [4.69, 9.17) is 0 Å². The Bertz CT molecular complexity index is 229. The molecule has 0 unspecified atom stereocenters. The van der Waals surface area contributed by atoms with E-state index in [1.165, 1.54) is 18.8 Å². The van der Waals surface area contributed by atoms with Crippen LogP contribution >= 0.6 is 11.9 Å². The lowest BCUT2D eigenvalue weighted by Gasteiger charge is -2.35. The first-order valence-corrected chi connectivity index (χ1v) is 5.45. The number of likely N-dealkylation sites (N-methyl/N-ethyl adjacent to an activating group) is 1. The Hall–Kier alpha value is -0.610. The van der Waals surface area contributed by atoms with Crippen molar-refractivity contribution >= 4 is 11.9 Å². The maximum Gasteiger partial charge on any atom is 0.0541 e. The Kier molecular flexibility index (Phi) is 2.80. The number of nitrogens with one attached hydrogen (secondary N) is 1. The van der Waals surface area contributed by atoms with Gasteiger partial charge in [-0.2, -0.15) is 0 Å². The van der Waals surface area contributed by atoms with Crippen LogP contribution in [0.2, 0.25) is 0 Å². The second-order valence-electron chi connectivity index (χ2n) is 3.40. The van der Waals surface area contributed by atoms with E-state index >= 15 is 0 Å². The van der Waals surface area contributed by atoms with E-state index in [0.717, 1.165) is 13.1 Å². The molecule has 0 spiro atoms. The van der Waals surface area contributed by atoms with E-state index in [1.807, 2.05) is 0 Å². The van der Waals surface area contributed by atoms with Crippen molar-refractivity contribution in [3.8, 4) is 0 Å². The molecule has 0 aliphatic carbocycles. The molecule has 0 amide bonds. The molecule has 3 nitrogen and oxygen atoms in total. The molecule has 1 N–H and O–H groups in total. The second kappa shape index (κ2) is 4.07. The van der Waals surface area contributed by atoms with Crippen LogP contribution in [0.4, 0.5) is 0 Å². The molecule has 0 saturated carbocycles. The molecule has 0 aromatic rings. The fourth-order valence-electron chi connectivity index (χ4n) is 1.55. The summed E-state index contributed by atoms with van der Waals surface area (Å²) in [6.45, 7) is 4.61. The minimum Gasteiger partial charge on any atom is -0.368 e. The molecule has 0 radical (unpaired) electrons. The first-order chi connectivity index (χ1) is 6.36. The fourth-order valence-corrected chi connectivity index (χ4v) is 2.02. The van der Waals surface area contributed by atoms with Gasteiger partial charge in [-0.25, -0.2) is 0 Å². The van der Waals surface area contributed by atoms with Crippen molar-refractivity contribution in [1.82, 2.24) is 14.5 Å². The highest BCUT2D eigenvalue weighted by atomic mass is 32.2. The zero-order valence-electron chi connectivity index (χ0n) is 7.86. The summed E-state index contributed by atoms with van der Waals surface area (Å²) in [4.78, 5) is 4.79. The van der Waals surface area contributed by atoms with Crippen LogP contribution < -0.4 is 4.72 Å². The Labute approximate surface area is 83.6 Å². The van der Waals surface area contributed by atoms with Crippen LogP contribution in [0, 0.1) is 0 Å². The van der Waals surface area contributed by atoms with Gasteiger partial charge in [0.1, 0.15) is 0 Å². The molecule has 0 aromatic heterocycles. The van der Waals surface area contributed by atoms with Crippen molar-refractivity contribution in [2.45, 2.75) is 0 Å². The molecule has 2 aliphatic rings. The van der Waals surface area contributed by atoms with Crippen LogP contribution in [-0.2, 0) is 0 Å². The summed E-state index contributed by atoms with van der Waals surface area (Å²) < 4.78 is 3.16. The summed E-state index contributed by atoms with van der Waals surface area (Å²) in [5, 5.41) is 2.09. The van der Waals surface area contributed by atoms with Gasteiger partial charge in [-0.1, -0.05) is 0 Å². The molecule has 0 bridgehead atoms.